The smallest absolute Gasteiger partial charge is 0.291 e. The minimum absolute atomic E-state index is 0.107. The molecule has 3 rings (SSSR count). The number of carbonyl (C=O) groups excluding carboxylic acids is 2. The van der Waals surface area contributed by atoms with E-state index in [1.807, 2.05) is 6.92 Å². The van der Waals surface area contributed by atoms with Crippen molar-refractivity contribution < 1.29 is 19.1 Å². The molecule has 126 valence electrons. The molecule has 2 amide bonds. The lowest BCUT2D eigenvalue weighted by atomic mass is 9.95. The zero-order valence-electron chi connectivity index (χ0n) is 13.4. The van der Waals surface area contributed by atoms with Gasteiger partial charge in [0.2, 0.25) is 0 Å². The van der Waals surface area contributed by atoms with Gasteiger partial charge in [0, 0.05) is 24.3 Å². The summed E-state index contributed by atoms with van der Waals surface area (Å²) in [6.45, 7) is 2.99. The largest absolute Gasteiger partial charge is 0.459 e. The summed E-state index contributed by atoms with van der Waals surface area (Å²) in [5.41, 5.74) is 1.12. The standard InChI is InChI=1S/C18H20N2O4/c1-12-8-9-20(11-15(12)21)18(23)13-4-6-14(7-5-13)19-17(22)16-3-2-10-24-16/h2-7,10,12,15,21H,8-9,11H2,1H3,(H,19,22). The molecule has 0 spiro atoms. The maximum Gasteiger partial charge on any atom is 0.291 e. The summed E-state index contributed by atoms with van der Waals surface area (Å²) in [5.74, 6) is -0.00288. The van der Waals surface area contributed by atoms with Crippen LogP contribution in [0.2, 0.25) is 0 Å². The maximum atomic E-state index is 12.5. The molecule has 1 saturated heterocycles. The molecule has 1 aromatic carbocycles. The van der Waals surface area contributed by atoms with Gasteiger partial charge in [-0.2, -0.15) is 0 Å². The number of carbonyl (C=O) groups is 2. The summed E-state index contributed by atoms with van der Waals surface area (Å²) < 4.78 is 5.03. The molecule has 1 aliphatic rings. The second kappa shape index (κ2) is 6.88. The Kier molecular flexibility index (Phi) is 4.66. The SMILES string of the molecule is CC1CCN(C(=O)c2ccc(NC(=O)c3ccco3)cc2)CC1O. The predicted molar refractivity (Wildman–Crippen MR) is 88.8 cm³/mol. The molecule has 0 bridgehead atoms. The Balaban J connectivity index is 1.64. The summed E-state index contributed by atoms with van der Waals surface area (Å²) in [4.78, 5) is 26.1. The zero-order valence-corrected chi connectivity index (χ0v) is 13.4. The van der Waals surface area contributed by atoms with E-state index < -0.39 is 6.10 Å². The highest BCUT2D eigenvalue weighted by atomic mass is 16.3. The van der Waals surface area contributed by atoms with Crippen LogP contribution in [0.3, 0.4) is 0 Å². The van der Waals surface area contributed by atoms with Gasteiger partial charge in [-0.05, 0) is 48.7 Å². The van der Waals surface area contributed by atoms with Crippen LogP contribution >= 0.6 is 0 Å². The number of hydrogen-bond acceptors (Lipinski definition) is 4. The van der Waals surface area contributed by atoms with Gasteiger partial charge in [-0.1, -0.05) is 6.92 Å². The highest BCUT2D eigenvalue weighted by Gasteiger charge is 2.27. The summed E-state index contributed by atoms with van der Waals surface area (Å²) in [5, 5.41) is 12.6. The number of hydrogen-bond donors (Lipinski definition) is 2. The zero-order chi connectivity index (χ0) is 17.1. The normalized spacial score (nSPS) is 20.7. The van der Waals surface area contributed by atoms with Crippen molar-refractivity contribution in [2.45, 2.75) is 19.4 Å². The molecule has 1 fully saturated rings. The number of nitrogens with zero attached hydrogens (tertiary/aromatic N) is 1. The monoisotopic (exact) mass is 328 g/mol. The lowest BCUT2D eigenvalue weighted by Gasteiger charge is -2.34. The van der Waals surface area contributed by atoms with Gasteiger partial charge in [-0.3, -0.25) is 9.59 Å². The van der Waals surface area contributed by atoms with Gasteiger partial charge < -0.3 is 19.7 Å². The number of aliphatic hydroxyl groups excluding tert-OH is 1. The molecule has 2 N–H and O–H groups in total. The van der Waals surface area contributed by atoms with Crippen LogP contribution in [0.5, 0.6) is 0 Å². The number of amides is 2. The van der Waals surface area contributed by atoms with Gasteiger partial charge in [0.15, 0.2) is 5.76 Å². The first-order chi connectivity index (χ1) is 11.5. The van der Waals surface area contributed by atoms with Crippen LogP contribution in [0.25, 0.3) is 0 Å². The number of piperidine rings is 1. The average molecular weight is 328 g/mol. The van der Waals surface area contributed by atoms with Crippen molar-refractivity contribution in [1.82, 2.24) is 4.90 Å². The summed E-state index contributed by atoms with van der Waals surface area (Å²) in [6, 6.07) is 9.92. The average Bonchev–Trinajstić information content (AvgIpc) is 3.12. The van der Waals surface area contributed by atoms with Crippen LogP contribution in [0.15, 0.2) is 47.1 Å². The van der Waals surface area contributed by atoms with E-state index in [0.717, 1.165) is 6.42 Å². The van der Waals surface area contributed by atoms with E-state index in [4.69, 9.17) is 4.42 Å². The van der Waals surface area contributed by atoms with Crippen LogP contribution in [-0.4, -0.2) is 41.0 Å². The van der Waals surface area contributed by atoms with Gasteiger partial charge in [0.1, 0.15) is 0 Å². The number of anilines is 1. The molecule has 2 unspecified atom stereocenters. The third kappa shape index (κ3) is 3.49. The summed E-state index contributed by atoms with van der Waals surface area (Å²) >= 11 is 0. The third-order valence-corrected chi connectivity index (χ3v) is 4.34. The minimum atomic E-state index is -0.477. The number of nitrogens with one attached hydrogen (secondary N) is 1. The number of benzene rings is 1. The van der Waals surface area contributed by atoms with E-state index in [1.165, 1.54) is 6.26 Å². The molecule has 2 aromatic rings. The molecule has 2 heterocycles. The van der Waals surface area contributed by atoms with Crippen molar-refractivity contribution in [2.24, 2.45) is 5.92 Å². The second-order valence-electron chi connectivity index (χ2n) is 6.09. The number of likely N-dealkylation sites (tertiary alicyclic amines) is 1. The highest BCUT2D eigenvalue weighted by molar-refractivity contribution is 6.02. The first-order valence-electron chi connectivity index (χ1n) is 7.97. The molecule has 0 saturated carbocycles. The van der Waals surface area contributed by atoms with Crippen LogP contribution in [0, 0.1) is 5.92 Å². The lowest BCUT2D eigenvalue weighted by Crippen LogP contribution is -2.45. The fourth-order valence-electron chi connectivity index (χ4n) is 2.71. The Labute approximate surface area is 140 Å². The van der Waals surface area contributed by atoms with Crippen LogP contribution in [0.1, 0.15) is 34.3 Å². The van der Waals surface area contributed by atoms with Gasteiger partial charge in [-0.15, -0.1) is 0 Å². The fraction of sp³-hybridized carbons (Fsp3) is 0.333. The molecular formula is C18H20N2O4. The molecule has 0 radical (unpaired) electrons. The molecule has 1 aliphatic heterocycles. The van der Waals surface area contributed by atoms with E-state index in [2.05, 4.69) is 5.32 Å². The lowest BCUT2D eigenvalue weighted by molar-refractivity contribution is 0.0248. The quantitative estimate of drug-likeness (QED) is 0.906. The highest BCUT2D eigenvalue weighted by Crippen LogP contribution is 2.20. The van der Waals surface area contributed by atoms with E-state index in [0.29, 0.717) is 24.3 Å². The van der Waals surface area contributed by atoms with E-state index in [1.54, 1.807) is 41.3 Å². The Morgan fingerprint density at radius 1 is 1.25 bits per heavy atom. The van der Waals surface area contributed by atoms with Gasteiger partial charge in [0.25, 0.3) is 11.8 Å². The van der Waals surface area contributed by atoms with Crippen molar-refractivity contribution in [1.29, 1.82) is 0 Å². The molecule has 6 heteroatoms. The molecule has 24 heavy (non-hydrogen) atoms. The molecular weight excluding hydrogens is 308 g/mol. The van der Waals surface area contributed by atoms with Crippen molar-refractivity contribution in [3.8, 4) is 0 Å². The van der Waals surface area contributed by atoms with Gasteiger partial charge in [-0.25, -0.2) is 0 Å². The topological polar surface area (TPSA) is 82.8 Å². The van der Waals surface area contributed by atoms with Crippen LogP contribution in [-0.2, 0) is 0 Å². The van der Waals surface area contributed by atoms with Gasteiger partial charge >= 0.3 is 0 Å². The predicted octanol–water partition coefficient (Wildman–Crippen LogP) is 2.37. The number of aliphatic hydroxyl groups is 1. The number of furan rings is 1. The van der Waals surface area contributed by atoms with Gasteiger partial charge in [0.05, 0.1) is 12.4 Å². The van der Waals surface area contributed by atoms with Crippen molar-refractivity contribution in [3.05, 3.63) is 54.0 Å². The number of rotatable bonds is 3. The Hall–Kier alpha value is -2.60. The van der Waals surface area contributed by atoms with Crippen LogP contribution < -0.4 is 5.32 Å². The maximum absolute atomic E-state index is 12.5. The van der Waals surface area contributed by atoms with E-state index >= 15 is 0 Å². The first kappa shape index (κ1) is 16.3. The Morgan fingerprint density at radius 2 is 2.00 bits per heavy atom. The first-order valence-corrected chi connectivity index (χ1v) is 7.97. The van der Waals surface area contributed by atoms with Crippen molar-refractivity contribution in [2.75, 3.05) is 18.4 Å². The second-order valence-corrected chi connectivity index (χ2v) is 6.09. The molecule has 1 aromatic heterocycles. The van der Waals surface area contributed by atoms with Crippen molar-refractivity contribution in [3.63, 3.8) is 0 Å². The number of β-amino-alcohol motifs (C(OH)–C–C–N with tert-alkyl or cyclic N) is 1. The fourth-order valence-corrected chi connectivity index (χ4v) is 2.71. The van der Waals surface area contributed by atoms with E-state index in [9.17, 15) is 14.7 Å². The van der Waals surface area contributed by atoms with Crippen molar-refractivity contribution >= 4 is 17.5 Å². The summed E-state index contributed by atoms with van der Waals surface area (Å²) in [7, 11) is 0. The molecule has 0 aliphatic carbocycles. The minimum Gasteiger partial charge on any atom is -0.459 e. The van der Waals surface area contributed by atoms with Crippen LogP contribution in [0.4, 0.5) is 5.69 Å². The summed E-state index contributed by atoms with van der Waals surface area (Å²) in [6.07, 6.45) is 1.75. The molecule has 2 atom stereocenters. The Morgan fingerprint density at radius 3 is 2.62 bits per heavy atom. The molecule has 6 nitrogen and oxygen atoms in total. The van der Waals surface area contributed by atoms with E-state index in [-0.39, 0.29) is 23.5 Å². The Bertz CT molecular complexity index is 709. The third-order valence-electron chi connectivity index (χ3n) is 4.34.